The van der Waals surface area contributed by atoms with Crippen LogP contribution in [0.4, 0.5) is 4.39 Å². The van der Waals surface area contributed by atoms with E-state index in [-0.39, 0.29) is 12.4 Å². The molecule has 10 heteroatoms. The van der Waals surface area contributed by atoms with Crippen LogP contribution in [0.5, 0.6) is 5.75 Å². The molecule has 0 aliphatic carbocycles. The summed E-state index contributed by atoms with van der Waals surface area (Å²) in [5.74, 6) is 0.724. The fraction of sp³-hybridized carbons (Fsp3) is 0.235. The molecule has 140 valence electrons. The average molecular weight is 391 g/mol. The maximum atomic E-state index is 14.9. The predicted molar refractivity (Wildman–Crippen MR) is 97.7 cm³/mol. The van der Waals surface area contributed by atoms with Crippen molar-refractivity contribution in [1.29, 1.82) is 0 Å². The van der Waals surface area contributed by atoms with Crippen molar-refractivity contribution in [2.24, 2.45) is 7.05 Å². The van der Waals surface area contributed by atoms with Gasteiger partial charge in [0, 0.05) is 32.6 Å². The number of imidazole rings is 1. The van der Waals surface area contributed by atoms with Crippen LogP contribution in [0, 0.1) is 5.82 Å². The molecule has 27 heavy (non-hydrogen) atoms. The van der Waals surface area contributed by atoms with E-state index in [4.69, 9.17) is 21.1 Å². The average Bonchev–Trinajstić information content (AvgIpc) is 3.37. The molecule has 0 fully saturated rings. The van der Waals surface area contributed by atoms with E-state index >= 15 is 0 Å². The normalized spacial score (nSPS) is 11.4. The first kappa shape index (κ1) is 17.5. The Balaban J connectivity index is 2.11. The van der Waals surface area contributed by atoms with Crippen LogP contribution in [0.25, 0.3) is 28.1 Å². The van der Waals surface area contributed by atoms with E-state index in [1.807, 2.05) is 0 Å². The lowest BCUT2D eigenvalue weighted by Crippen LogP contribution is -1.99. The highest BCUT2D eigenvalue weighted by Crippen LogP contribution is 2.43. The first-order valence-electron chi connectivity index (χ1n) is 8.00. The van der Waals surface area contributed by atoms with Gasteiger partial charge >= 0.3 is 0 Å². The predicted octanol–water partition coefficient (Wildman–Crippen LogP) is 3.10. The zero-order chi connectivity index (χ0) is 19.1. The van der Waals surface area contributed by atoms with Gasteiger partial charge in [-0.1, -0.05) is 11.6 Å². The third-order valence-corrected chi connectivity index (χ3v) is 4.67. The number of hydrogen-bond acceptors (Lipinski definition) is 5. The van der Waals surface area contributed by atoms with E-state index < -0.39 is 5.82 Å². The molecule has 0 amide bonds. The molecule has 0 unspecified atom stereocenters. The summed E-state index contributed by atoms with van der Waals surface area (Å²) in [6, 6.07) is 1.26. The Morgan fingerprint density at radius 1 is 1.33 bits per heavy atom. The van der Waals surface area contributed by atoms with Gasteiger partial charge in [0.05, 0.1) is 35.1 Å². The quantitative estimate of drug-likeness (QED) is 0.566. The van der Waals surface area contributed by atoms with Gasteiger partial charge in [-0.2, -0.15) is 5.10 Å². The fourth-order valence-corrected chi connectivity index (χ4v) is 3.49. The van der Waals surface area contributed by atoms with Crippen LogP contribution in [0.15, 0.2) is 24.8 Å². The molecule has 8 nitrogen and oxygen atoms in total. The molecule has 0 atom stereocenters. The number of nitrogens with zero attached hydrogens (tertiary/aromatic N) is 5. The Morgan fingerprint density at radius 2 is 2.15 bits per heavy atom. The maximum Gasteiger partial charge on any atom is 0.200 e. The van der Waals surface area contributed by atoms with E-state index in [0.29, 0.717) is 39.0 Å². The summed E-state index contributed by atoms with van der Waals surface area (Å²) in [5, 5.41) is 7.88. The number of rotatable bonds is 5. The van der Waals surface area contributed by atoms with Crippen molar-refractivity contribution >= 4 is 22.5 Å². The summed E-state index contributed by atoms with van der Waals surface area (Å²) in [4.78, 5) is 8.55. The summed E-state index contributed by atoms with van der Waals surface area (Å²) in [6.07, 6.45) is 4.98. The summed E-state index contributed by atoms with van der Waals surface area (Å²) in [6.45, 7) is 0.278. The van der Waals surface area contributed by atoms with E-state index in [2.05, 4.69) is 20.2 Å². The van der Waals surface area contributed by atoms with Crippen LogP contribution in [0.1, 0.15) is 5.82 Å². The van der Waals surface area contributed by atoms with E-state index in [1.165, 1.54) is 13.2 Å². The number of aromatic nitrogens is 6. The van der Waals surface area contributed by atoms with Gasteiger partial charge in [0.1, 0.15) is 18.1 Å². The number of aromatic amines is 1. The van der Waals surface area contributed by atoms with Crippen LogP contribution in [-0.2, 0) is 18.4 Å². The molecular formula is C17H16ClFN6O2. The third kappa shape index (κ3) is 2.66. The summed E-state index contributed by atoms with van der Waals surface area (Å²) >= 11 is 6.56. The van der Waals surface area contributed by atoms with Crippen molar-refractivity contribution in [3.8, 4) is 23.0 Å². The Morgan fingerprint density at radius 3 is 2.81 bits per heavy atom. The standard InChI is InChI=1S/C17H16ClFN6O2/c1-24-14-9(19)6-10(27-3)13(18)12(14)15(25-5-4-20-8-25)16(24)17-21-11(7-26-2)22-23-17/h4-6,8H,7H2,1-3H3,(H,21,22,23). The highest BCUT2D eigenvalue weighted by atomic mass is 35.5. The summed E-state index contributed by atoms with van der Waals surface area (Å²) < 4.78 is 28.6. The van der Waals surface area contributed by atoms with Gasteiger partial charge in [-0.3, -0.25) is 5.10 Å². The number of halogens is 2. The lowest BCUT2D eigenvalue weighted by atomic mass is 10.2. The number of nitrogens with one attached hydrogen (secondary N) is 1. The number of benzene rings is 1. The second-order valence-corrected chi connectivity index (χ2v) is 6.24. The first-order valence-corrected chi connectivity index (χ1v) is 8.37. The van der Waals surface area contributed by atoms with Crippen LogP contribution in [0.3, 0.4) is 0 Å². The lowest BCUT2D eigenvalue weighted by Gasteiger charge is -2.07. The van der Waals surface area contributed by atoms with Gasteiger partial charge in [0.15, 0.2) is 17.5 Å². The number of methoxy groups -OCH3 is 2. The van der Waals surface area contributed by atoms with Gasteiger partial charge in [0.2, 0.25) is 0 Å². The van der Waals surface area contributed by atoms with E-state index in [0.717, 1.165) is 0 Å². The largest absolute Gasteiger partial charge is 0.495 e. The SMILES string of the molecule is COCc1nc(-c2c(-n3ccnc3)c3c(Cl)c(OC)cc(F)c3n2C)n[nH]1. The van der Waals surface area contributed by atoms with Crippen LogP contribution in [0.2, 0.25) is 5.02 Å². The van der Waals surface area contributed by atoms with Crippen LogP contribution >= 0.6 is 11.6 Å². The van der Waals surface area contributed by atoms with Gasteiger partial charge in [-0.15, -0.1) is 0 Å². The smallest absolute Gasteiger partial charge is 0.200 e. The molecule has 3 heterocycles. The van der Waals surface area contributed by atoms with Crippen molar-refractivity contribution in [1.82, 2.24) is 29.3 Å². The van der Waals surface area contributed by atoms with Crippen molar-refractivity contribution in [3.63, 3.8) is 0 Å². The number of fused-ring (bicyclic) bond motifs is 1. The molecule has 3 aromatic heterocycles. The van der Waals surface area contributed by atoms with E-state index in [9.17, 15) is 4.39 Å². The lowest BCUT2D eigenvalue weighted by molar-refractivity contribution is 0.178. The molecule has 1 aromatic carbocycles. The van der Waals surface area contributed by atoms with Crippen molar-refractivity contribution < 1.29 is 13.9 Å². The summed E-state index contributed by atoms with van der Waals surface area (Å²) in [5.41, 5.74) is 1.50. The minimum atomic E-state index is -0.464. The zero-order valence-electron chi connectivity index (χ0n) is 14.8. The Kier molecular flexibility index (Phi) is 4.33. The molecular weight excluding hydrogens is 375 g/mol. The minimum Gasteiger partial charge on any atom is -0.495 e. The van der Waals surface area contributed by atoms with Crippen molar-refractivity contribution in [2.75, 3.05) is 14.2 Å². The van der Waals surface area contributed by atoms with Gasteiger partial charge < -0.3 is 18.6 Å². The van der Waals surface area contributed by atoms with Gasteiger partial charge in [0.25, 0.3) is 0 Å². The summed E-state index contributed by atoms with van der Waals surface area (Å²) in [7, 11) is 4.74. The monoisotopic (exact) mass is 390 g/mol. The molecule has 0 aliphatic rings. The van der Waals surface area contributed by atoms with Crippen LogP contribution in [-0.4, -0.2) is 43.5 Å². The Bertz CT molecular complexity index is 1120. The zero-order valence-corrected chi connectivity index (χ0v) is 15.6. The van der Waals surface area contributed by atoms with Crippen LogP contribution < -0.4 is 4.74 Å². The molecule has 0 spiro atoms. The van der Waals surface area contributed by atoms with E-state index in [1.54, 1.807) is 42.0 Å². The third-order valence-electron chi connectivity index (χ3n) is 4.30. The molecule has 0 saturated carbocycles. The number of aryl methyl sites for hydroxylation is 1. The van der Waals surface area contributed by atoms with Gasteiger partial charge in [-0.25, -0.2) is 14.4 Å². The molecule has 0 radical (unpaired) electrons. The second kappa shape index (κ2) is 6.67. The maximum absolute atomic E-state index is 14.9. The Hall–Kier alpha value is -2.91. The fourth-order valence-electron chi connectivity index (χ4n) is 3.18. The molecule has 4 rings (SSSR count). The number of H-pyrrole nitrogens is 1. The first-order chi connectivity index (χ1) is 13.1. The van der Waals surface area contributed by atoms with Crippen molar-refractivity contribution in [3.05, 3.63) is 41.5 Å². The number of hydrogen-bond donors (Lipinski definition) is 1. The molecule has 0 bridgehead atoms. The Labute approximate surface area is 158 Å². The number of ether oxygens (including phenoxy) is 2. The second-order valence-electron chi connectivity index (χ2n) is 5.86. The molecule has 4 aromatic rings. The topological polar surface area (TPSA) is 82.8 Å². The highest BCUT2D eigenvalue weighted by molar-refractivity contribution is 6.38. The molecule has 0 aliphatic heterocycles. The van der Waals surface area contributed by atoms with Gasteiger partial charge in [-0.05, 0) is 0 Å². The highest BCUT2D eigenvalue weighted by Gasteiger charge is 2.27. The molecule has 1 N–H and O–H groups in total. The minimum absolute atomic E-state index is 0.246. The molecule has 0 saturated heterocycles. The van der Waals surface area contributed by atoms with Crippen molar-refractivity contribution in [2.45, 2.75) is 6.61 Å².